The van der Waals surface area contributed by atoms with Crippen LogP contribution in [0.1, 0.15) is 44.6 Å². The highest BCUT2D eigenvalue weighted by molar-refractivity contribution is 14.0. The van der Waals surface area contributed by atoms with E-state index in [0.29, 0.717) is 18.9 Å². The molecule has 1 aromatic rings. The first-order chi connectivity index (χ1) is 12.9. The zero-order valence-electron chi connectivity index (χ0n) is 17.1. The van der Waals surface area contributed by atoms with Crippen LogP contribution in [0.2, 0.25) is 0 Å². The Kier molecular flexibility index (Phi) is 11.1. The third-order valence-electron chi connectivity index (χ3n) is 4.73. The lowest BCUT2D eigenvalue weighted by Gasteiger charge is -2.21. The minimum atomic E-state index is -2.95. The summed E-state index contributed by atoms with van der Waals surface area (Å²) in [4.78, 5) is 11.2. The second-order valence-electron chi connectivity index (χ2n) is 7.32. The van der Waals surface area contributed by atoms with Gasteiger partial charge >= 0.3 is 0 Å². The van der Waals surface area contributed by atoms with Gasteiger partial charge in [0.15, 0.2) is 5.96 Å². The number of halogens is 1. The van der Waals surface area contributed by atoms with Crippen LogP contribution in [0.4, 0.5) is 5.82 Å². The molecule has 0 amide bonds. The van der Waals surface area contributed by atoms with Crippen LogP contribution in [-0.2, 0) is 16.4 Å². The van der Waals surface area contributed by atoms with E-state index < -0.39 is 9.84 Å². The van der Waals surface area contributed by atoms with Crippen molar-refractivity contribution in [2.75, 3.05) is 37.0 Å². The van der Waals surface area contributed by atoms with Crippen LogP contribution in [0, 0.1) is 0 Å². The number of nitrogens with one attached hydrogen (secondary N) is 2. The Bertz CT molecular complexity index is 702. The van der Waals surface area contributed by atoms with Crippen LogP contribution in [0.15, 0.2) is 23.3 Å². The van der Waals surface area contributed by atoms with E-state index in [9.17, 15) is 8.42 Å². The number of anilines is 1. The molecule has 1 atom stereocenters. The van der Waals surface area contributed by atoms with Gasteiger partial charge in [-0.1, -0.05) is 18.9 Å². The number of nitrogens with zero attached hydrogens (tertiary/aromatic N) is 3. The Morgan fingerprint density at radius 1 is 1.25 bits per heavy atom. The summed E-state index contributed by atoms with van der Waals surface area (Å²) in [6.07, 6.45) is 8.82. The monoisotopic (exact) mass is 523 g/mol. The second kappa shape index (κ2) is 12.5. The molecule has 0 aliphatic carbocycles. The molecule has 1 unspecified atom stereocenters. The number of sulfone groups is 1. The molecule has 0 aromatic carbocycles. The summed E-state index contributed by atoms with van der Waals surface area (Å²) in [5.41, 5.74) is 1.08. The molecule has 1 fully saturated rings. The van der Waals surface area contributed by atoms with Gasteiger partial charge in [-0.25, -0.2) is 13.4 Å². The van der Waals surface area contributed by atoms with Crippen molar-refractivity contribution in [2.24, 2.45) is 4.99 Å². The molecule has 1 aliphatic rings. The maximum absolute atomic E-state index is 11.3. The zero-order valence-corrected chi connectivity index (χ0v) is 20.3. The zero-order chi connectivity index (χ0) is 19.7. The molecule has 1 aromatic heterocycles. The van der Waals surface area contributed by atoms with Gasteiger partial charge in [-0.15, -0.1) is 24.0 Å². The summed E-state index contributed by atoms with van der Waals surface area (Å²) in [6, 6.07) is 4.21. The highest BCUT2D eigenvalue weighted by atomic mass is 127. The normalized spacial score (nSPS) is 16.7. The first-order valence-electron chi connectivity index (χ1n) is 9.72. The van der Waals surface area contributed by atoms with Gasteiger partial charge in [0.25, 0.3) is 0 Å². The van der Waals surface area contributed by atoms with Crippen molar-refractivity contribution in [3.63, 3.8) is 0 Å². The fourth-order valence-corrected chi connectivity index (χ4v) is 3.87. The number of rotatable bonds is 7. The lowest BCUT2D eigenvalue weighted by Crippen LogP contribution is -2.42. The molecule has 2 heterocycles. The molecule has 1 aliphatic heterocycles. The quantitative estimate of drug-likeness (QED) is 0.325. The molecule has 0 saturated carbocycles. The van der Waals surface area contributed by atoms with E-state index in [1.807, 2.05) is 13.1 Å². The van der Waals surface area contributed by atoms with Crippen LogP contribution in [0.25, 0.3) is 0 Å². The van der Waals surface area contributed by atoms with Gasteiger partial charge in [-0.2, -0.15) is 0 Å². The number of aliphatic imine (C=N–C) groups is 1. The van der Waals surface area contributed by atoms with E-state index in [1.165, 1.54) is 31.9 Å². The average Bonchev–Trinajstić information content (AvgIpc) is 2.93. The van der Waals surface area contributed by atoms with Crippen molar-refractivity contribution in [3.8, 4) is 0 Å². The number of hydrogen-bond acceptors (Lipinski definition) is 5. The van der Waals surface area contributed by atoms with Crippen molar-refractivity contribution >= 4 is 45.6 Å². The molecular weight excluding hydrogens is 489 g/mol. The number of guanidine groups is 1. The molecule has 1 saturated heterocycles. The maximum Gasteiger partial charge on any atom is 0.191 e. The minimum absolute atomic E-state index is 0. The van der Waals surface area contributed by atoms with Gasteiger partial charge in [-0.05, 0) is 37.8 Å². The first-order valence-corrected chi connectivity index (χ1v) is 11.8. The van der Waals surface area contributed by atoms with E-state index in [1.54, 1.807) is 7.05 Å². The van der Waals surface area contributed by atoms with E-state index in [2.05, 4.69) is 37.6 Å². The van der Waals surface area contributed by atoms with Crippen LogP contribution in [0.5, 0.6) is 0 Å². The van der Waals surface area contributed by atoms with Gasteiger partial charge in [0, 0.05) is 45.2 Å². The van der Waals surface area contributed by atoms with Crippen molar-refractivity contribution < 1.29 is 8.42 Å². The SMILES string of the molecule is CN=C(NCc1ccc(N2CCCCCC2)nc1)NC(C)CCS(C)(=O)=O.I. The number of pyridine rings is 1. The molecule has 2 rings (SSSR count). The largest absolute Gasteiger partial charge is 0.357 e. The highest BCUT2D eigenvalue weighted by Gasteiger charge is 2.12. The van der Waals surface area contributed by atoms with Crippen LogP contribution in [0.3, 0.4) is 0 Å². The smallest absolute Gasteiger partial charge is 0.191 e. The summed E-state index contributed by atoms with van der Waals surface area (Å²) in [5.74, 6) is 1.88. The predicted molar refractivity (Wildman–Crippen MR) is 127 cm³/mol. The molecular formula is C19H34IN5O2S. The Morgan fingerprint density at radius 2 is 1.93 bits per heavy atom. The summed E-state index contributed by atoms with van der Waals surface area (Å²) in [5, 5.41) is 6.48. The van der Waals surface area contributed by atoms with E-state index in [0.717, 1.165) is 24.5 Å². The van der Waals surface area contributed by atoms with Crippen molar-refractivity contribution in [2.45, 2.75) is 51.6 Å². The molecule has 7 nitrogen and oxygen atoms in total. The standard InChI is InChI=1S/C19H33N5O2S.HI/c1-16(10-13-27(3,25)26)23-19(20-2)22-15-17-8-9-18(21-14-17)24-11-6-4-5-7-12-24;/h8-9,14,16H,4-7,10-13,15H2,1-3H3,(H2,20,22,23);1H. The highest BCUT2D eigenvalue weighted by Crippen LogP contribution is 2.17. The fraction of sp³-hybridized carbons (Fsp3) is 0.684. The molecule has 9 heteroatoms. The third-order valence-corrected chi connectivity index (χ3v) is 5.70. The second-order valence-corrected chi connectivity index (χ2v) is 9.58. The number of aromatic nitrogens is 1. The molecule has 28 heavy (non-hydrogen) atoms. The fourth-order valence-electron chi connectivity index (χ4n) is 3.08. The van der Waals surface area contributed by atoms with Crippen LogP contribution in [-0.4, -0.2) is 57.5 Å². The Balaban J connectivity index is 0.00000392. The van der Waals surface area contributed by atoms with Gasteiger partial charge in [0.1, 0.15) is 15.7 Å². The maximum atomic E-state index is 11.3. The minimum Gasteiger partial charge on any atom is -0.357 e. The van der Waals surface area contributed by atoms with Crippen molar-refractivity contribution in [3.05, 3.63) is 23.9 Å². The summed E-state index contributed by atoms with van der Waals surface area (Å²) in [6.45, 7) is 4.75. The van der Waals surface area contributed by atoms with E-state index in [-0.39, 0.29) is 35.8 Å². The van der Waals surface area contributed by atoms with Gasteiger partial charge in [-0.3, -0.25) is 4.99 Å². The average molecular weight is 523 g/mol. The Hall–Kier alpha value is -1.10. The molecule has 160 valence electrons. The van der Waals surface area contributed by atoms with Crippen LogP contribution >= 0.6 is 24.0 Å². The van der Waals surface area contributed by atoms with Crippen molar-refractivity contribution in [1.82, 2.24) is 15.6 Å². The van der Waals surface area contributed by atoms with Gasteiger partial charge in [0.2, 0.25) is 0 Å². The predicted octanol–water partition coefficient (Wildman–Crippen LogP) is 2.57. The molecule has 0 bridgehead atoms. The lowest BCUT2D eigenvalue weighted by atomic mass is 10.2. The van der Waals surface area contributed by atoms with E-state index >= 15 is 0 Å². The Morgan fingerprint density at radius 3 is 2.46 bits per heavy atom. The van der Waals surface area contributed by atoms with Gasteiger partial charge in [0.05, 0.1) is 5.75 Å². The van der Waals surface area contributed by atoms with Gasteiger partial charge < -0.3 is 15.5 Å². The molecule has 0 spiro atoms. The summed E-state index contributed by atoms with van der Waals surface area (Å²) < 4.78 is 22.6. The molecule has 0 radical (unpaired) electrons. The summed E-state index contributed by atoms with van der Waals surface area (Å²) in [7, 11) is -1.24. The summed E-state index contributed by atoms with van der Waals surface area (Å²) >= 11 is 0. The lowest BCUT2D eigenvalue weighted by molar-refractivity contribution is 0.581. The Labute approximate surface area is 186 Å². The van der Waals surface area contributed by atoms with E-state index in [4.69, 9.17) is 0 Å². The number of hydrogen-bond donors (Lipinski definition) is 2. The van der Waals surface area contributed by atoms with Crippen molar-refractivity contribution in [1.29, 1.82) is 0 Å². The topological polar surface area (TPSA) is 86.7 Å². The third kappa shape index (κ3) is 9.40. The first kappa shape index (κ1) is 24.9. The molecule has 2 N–H and O–H groups in total. The van der Waals surface area contributed by atoms with Crippen LogP contribution < -0.4 is 15.5 Å².